The zero-order chi connectivity index (χ0) is 12.7. The Bertz CT molecular complexity index is 369. The van der Waals surface area contributed by atoms with Gasteiger partial charge >= 0.3 is 5.97 Å². The van der Waals surface area contributed by atoms with Crippen LogP contribution >= 0.6 is 0 Å². The summed E-state index contributed by atoms with van der Waals surface area (Å²) in [6, 6.07) is 3.24. The van der Waals surface area contributed by atoms with E-state index in [9.17, 15) is 4.79 Å². The molecule has 0 aliphatic heterocycles. The maximum atomic E-state index is 11.7. The smallest absolute Gasteiger partial charge is 0.338 e. The number of nitrogens with two attached hydrogens (primary N) is 1. The van der Waals surface area contributed by atoms with E-state index in [0.29, 0.717) is 31.0 Å². The zero-order valence-corrected chi connectivity index (χ0v) is 10.2. The van der Waals surface area contributed by atoms with Gasteiger partial charge in [-0.3, -0.25) is 4.98 Å². The highest BCUT2D eigenvalue weighted by molar-refractivity contribution is 5.89. The number of ether oxygens (including phenoxy) is 2. The van der Waals surface area contributed by atoms with Gasteiger partial charge in [-0.1, -0.05) is 0 Å². The van der Waals surface area contributed by atoms with Crippen LogP contribution in [0.2, 0.25) is 0 Å². The fourth-order valence-corrected chi connectivity index (χ4v) is 1.29. The molecule has 1 aromatic rings. The molecule has 0 aliphatic carbocycles. The second-order valence-electron chi connectivity index (χ2n) is 3.62. The van der Waals surface area contributed by atoms with Gasteiger partial charge in [0.1, 0.15) is 6.10 Å². The Morgan fingerprint density at radius 3 is 3.00 bits per heavy atom. The molecular formula is C12H18N2O3. The average molecular weight is 238 g/mol. The van der Waals surface area contributed by atoms with Crippen molar-refractivity contribution < 1.29 is 14.3 Å². The van der Waals surface area contributed by atoms with Crippen LogP contribution in [0, 0.1) is 0 Å². The van der Waals surface area contributed by atoms with Crippen molar-refractivity contribution in [3.63, 3.8) is 0 Å². The van der Waals surface area contributed by atoms with Crippen LogP contribution in [0.3, 0.4) is 0 Å². The summed E-state index contributed by atoms with van der Waals surface area (Å²) in [4.78, 5) is 15.8. The monoisotopic (exact) mass is 238 g/mol. The molecule has 1 unspecified atom stereocenters. The van der Waals surface area contributed by atoms with Crippen LogP contribution in [-0.4, -0.2) is 30.3 Å². The van der Waals surface area contributed by atoms with Crippen LogP contribution in [0.5, 0.6) is 0 Å². The molecular weight excluding hydrogens is 220 g/mol. The lowest BCUT2D eigenvalue weighted by molar-refractivity contribution is 0.00437. The van der Waals surface area contributed by atoms with Crippen LogP contribution in [0.25, 0.3) is 0 Å². The molecule has 1 heterocycles. The first-order chi connectivity index (χ1) is 8.17. The van der Waals surface area contributed by atoms with Crippen molar-refractivity contribution in [3.8, 4) is 0 Å². The van der Waals surface area contributed by atoms with Gasteiger partial charge in [0.05, 0.1) is 17.9 Å². The molecule has 0 aromatic carbocycles. The molecule has 0 bridgehead atoms. The normalized spacial score (nSPS) is 12.2. The first kappa shape index (κ1) is 13.6. The predicted octanol–water partition coefficient (Wildman–Crippen LogP) is 1.12. The van der Waals surface area contributed by atoms with Gasteiger partial charge in [0.25, 0.3) is 0 Å². The van der Waals surface area contributed by atoms with E-state index in [4.69, 9.17) is 15.2 Å². The molecule has 0 fully saturated rings. The van der Waals surface area contributed by atoms with Crippen molar-refractivity contribution in [2.24, 2.45) is 5.73 Å². The molecule has 0 spiro atoms. The van der Waals surface area contributed by atoms with E-state index in [0.717, 1.165) is 0 Å². The van der Waals surface area contributed by atoms with Crippen molar-refractivity contribution in [1.29, 1.82) is 0 Å². The van der Waals surface area contributed by atoms with Crippen molar-refractivity contribution in [3.05, 3.63) is 29.6 Å². The largest absolute Gasteiger partial charge is 0.457 e. The molecule has 0 aliphatic rings. The van der Waals surface area contributed by atoms with Crippen LogP contribution in [0.15, 0.2) is 18.3 Å². The third kappa shape index (κ3) is 4.50. The van der Waals surface area contributed by atoms with Gasteiger partial charge in [0.15, 0.2) is 0 Å². The number of hydrogen-bond donors (Lipinski definition) is 1. The fraction of sp³-hybridized carbons (Fsp3) is 0.500. The number of hydrogen-bond acceptors (Lipinski definition) is 5. The third-order valence-corrected chi connectivity index (χ3v) is 2.13. The number of esters is 1. The Hall–Kier alpha value is -1.46. The summed E-state index contributed by atoms with van der Waals surface area (Å²) < 4.78 is 10.4. The lowest BCUT2D eigenvalue weighted by Gasteiger charge is -2.13. The standard InChI is InChI=1S/C12H18N2O3/c1-3-16-8-9(2)17-12(15)10-4-5-14-11(6-10)7-13/h4-6,9H,3,7-8,13H2,1-2H3. The second-order valence-corrected chi connectivity index (χ2v) is 3.62. The van der Waals surface area contributed by atoms with Crippen molar-refractivity contribution in [2.75, 3.05) is 13.2 Å². The van der Waals surface area contributed by atoms with Gasteiger partial charge in [-0.15, -0.1) is 0 Å². The molecule has 0 radical (unpaired) electrons. The maximum Gasteiger partial charge on any atom is 0.338 e. The van der Waals surface area contributed by atoms with Crippen molar-refractivity contribution in [2.45, 2.75) is 26.5 Å². The maximum absolute atomic E-state index is 11.7. The third-order valence-electron chi connectivity index (χ3n) is 2.13. The first-order valence-electron chi connectivity index (χ1n) is 5.61. The van der Waals surface area contributed by atoms with Gasteiger partial charge in [-0.25, -0.2) is 4.79 Å². The minimum absolute atomic E-state index is 0.267. The Morgan fingerprint density at radius 1 is 1.59 bits per heavy atom. The number of aromatic nitrogens is 1. The summed E-state index contributed by atoms with van der Waals surface area (Å²) in [6.07, 6.45) is 1.28. The quantitative estimate of drug-likeness (QED) is 0.752. The predicted molar refractivity (Wildman–Crippen MR) is 63.5 cm³/mol. The number of rotatable bonds is 6. The van der Waals surface area contributed by atoms with E-state index in [-0.39, 0.29) is 12.1 Å². The number of carbonyl (C=O) groups is 1. The molecule has 17 heavy (non-hydrogen) atoms. The van der Waals surface area contributed by atoms with Crippen molar-refractivity contribution in [1.82, 2.24) is 4.98 Å². The van der Waals surface area contributed by atoms with E-state index in [1.807, 2.05) is 6.92 Å². The topological polar surface area (TPSA) is 74.4 Å². The summed E-state index contributed by atoms with van der Waals surface area (Å²) in [5.74, 6) is -0.380. The van der Waals surface area contributed by atoms with E-state index in [1.165, 1.54) is 0 Å². The summed E-state index contributed by atoms with van der Waals surface area (Å²) >= 11 is 0. The average Bonchev–Trinajstić information content (AvgIpc) is 2.36. The Labute approximate surface area is 101 Å². The lowest BCUT2D eigenvalue weighted by Crippen LogP contribution is -2.20. The Kier molecular flexibility index (Phi) is 5.59. The van der Waals surface area contributed by atoms with Crippen LogP contribution in [-0.2, 0) is 16.0 Å². The molecule has 0 amide bonds. The number of pyridine rings is 1. The zero-order valence-electron chi connectivity index (χ0n) is 10.2. The van der Waals surface area contributed by atoms with Gasteiger partial charge in [-0.05, 0) is 26.0 Å². The Balaban J connectivity index is 2.56. The minimum atomic E-state index is -0.380. The molecule has 2 N–H and O–H groups in total. The van der Waals surface area contributed by atoms with Crippen LogP contribution in [0.1, 0.15) is 29.9 Å². The lowest BCUT2D eigenvalue weighted by atomic mass is 10.2. The minimum Gasteiger partial charge on any atom is -0.457 e. The van der Waals surface area contributed by atoms with Gasteiger partial charge in [0.2, 0.25) is 0 Å². The summed E-state index contributed by atoms with van der Waals surface area (Å²) in [7, 11) is 0. The SMILES string of the molecule is CCOCC(C)OC(=O)c1ccnc(CN)c1. The first-order valence-corrected chi connectivity index (χ1v) is 5.61. The molecule has 1 aromatic heterocycles. The van der Waals surface area contributed by atoms with Crippen LogP contribution < -0.4 is 5.73 Å². The van der Waals surface area contributed by atoms with Gasteiger partial charge in [-0.2, -0.15) is 0 Å². The molecule has 0 saturated heterocycles. The highest BCUT2D eigenvalue weighted by atomic mass is 16.6. The fourth-order valence-electron chi connectivity index (χ4n) is 1.29. The van der Waals surface area contributed by atoms with Crippen LogP contribution in [0.4, 0.5) is 0 Å². The molecule has 1 atom stereocenters. The summed E-state index contributed by atoms with van der Waals surface area (Å²) in [5.41, 5.74) is 6.58. The van der Waals surface area contributed by atoms with E-state index < -0.39 is 0 Å². The van der Waals surface area contributed by atoms with Gasteiger partial charge < -0.3 is 15.2 Å². The van der Waals surface area contributed by atoms with Crippen molar-refractivity contribution >= 4 is 5.97 Å². The second kappa shape index (κ2) is 6.98. The molecule has 94 valence electrons. The number of nitrogens with zero attached hydrogens (tertiary/aromatic N) is 1. The molecule has 0 saturated carbocycles. The molecule has 5 heteroatoms. The summed E-state index contributed by atoms with van der Waals surface area (Å²) in [5, 5.41) is 0. The highest BCUT2D eigenvalue weighted by Crippen LogP contribution is 2.05. The summed E-state index contributed by atoms with van der Waals surface area (Å²) in [6.45, 7) is 4.99. The van der Waals surface area contributed by atoms with E-state index in [1.54, 1.807) is 25.3 Å². The number of carbonyl (C=O) groups excluding carboxylic acids is 1. The Morgan fingerprint density at radius 2 is 2.35 bits per heavy atom. The molecule has 1 rings (SSSR count). The molecule has 5 nitrogen and oxygen atoms in total. The van der Waals surface area contributed by atoms with Gasteiger partial charge in [0, 0.05) is 19.3 Å². The van der Waals surface area contributed by atoms with E-state index >= 15 is 0 Å². The highest BCUT2D eigenvalue weighted by Gasteiger charge is 2.12. The van der Waals surface area contributed by atoms with E-state index in [2.05, 4.69) is 4.98 Å².